The largest absolute Gasteiger partial charge is 0.342 e. The van der Waals surface area contributed by atoms with Crippen LogP contribution in [0.1, 0.15) is 24.2 Å². The van der Waals surface area contributed by atoms with Crippen LogP contribution in [0.3, 0.4) is 0 Å². The summed E-state index contributed by atoms with van der Waals surface area (Å²) < 4.78 is 0.792. The minimum absolute atomic E-state index is 0.134. The molecule has 1 aromatic carbocycles. The molecule has 3 rings (SSSR count). The van der Waals surface area contributed by atoms with Gasteiger partial charge >= 0.3 is 11.8 Å². The number of hydrogen-bond donors (Lipinski definition) is 2. The van der Waals surface area contributed by atoms with Crippen LogP contribution in [0.4, 0.5) is 5.69 Å². The highest BCUT2D eigenvalue weighted by molar-refractivity contribution is 9.10. The van der Waals surface area contributed by atoms with E-state index < -0.39 is 17.9 Å². The molecule has 8 heteroatoms. The first-order chi connectivity index (χ1) is 12.5. The fourth-order valence-corrected chi connectivity index (χ4v) is 3.20. The van der Waals surface area contributed by atoms with Gasteiger partial charge in [0.1, 0.15) is 6.04 Å². The Morgan fingerprint density at radius 2 is 2.04 bits per heavy atom. The van der Waals surface area contributed by atoms with E-state index in [1.807, 2.05) is 19.1 Å². The monoisotopic (exact) mass is 416 g/mol. The smallest absolute Gasteiger partial charge is 0.310 e. The third-order valence-corrected chi connectivity index (χ3v) is 4.55. The zero-order chi connectivity index (χ0) is 18.7. The van der Waals surface area contributed by atoms with Crippen LogP contribution in [0, 0.1) is 0 Å². The number of amides is 3. The molecule has 0 bridgehead atoms. The molecule has 0 radical (unpaired) electrons. The quantitative estimate of drug-likeness (QED) is 0.741. The molecule has 0 saturated carbocycles. The van der Waals surface area contributed by atoms with E-state index >= 15 is 0 Å². The Hall–Kier alpha value is -2.74. The number of nitrogens with one attached hydrogen (secondary N) is 2. The zero-order valence-corrected chi connectivity index (χ0v) is 15.6. The number of carbonyl (C=O) groups is 3. The number of pyridine rings is 1. The summed E-state index contributed by atoms with van der Waals surface area (Å²) in [5, 5.41) is 5.03. The van der Waals surface area contributed by atoms with E-state index in [2.05, 4.69) is 31.5 Å². The second-order valence-electron chi connectivity index (χ2n) is 5.70. The lowest BCUT2D eigenvalue weighted by molar-refractivity contribution is -0.140. The maximum absolute atomic E-state index is 12.6. The average Bonchev–Trinajstić information content (AvgIpc) is 2.91. The fourth-order valence-electron chi connectivity index (χ4n) is 2.83. The summed E-state index contributed by atoms with van der Waals surface area (Å²) in [7, 11) is 0. The number of fused-ring (bicyclic) bond motifs is 1. The lowest BCUT2D eigenvalue weighted by atomic mass is 10.1. The van der Waals surface area contributed by atoms with Gasteiger partial charge in [-0.1, -0.05) is 22.0 Å². The molecule has 0 aliphatic carbocycles. The van der Waals surface area contributed by atoms with E-state index in [-0.39, 0.29) is 12.5 Å². The molecule has 1 aromatic heterocycles. The van der Waals surface area contributed by atoms with Crippen LogP contribution in [-0.4, -0.2) is 29.3 Å². The lowest BCUT2D eigenvalue weighted by Crippen LogP contribution is -2.44. The molecule has 26 heavy (non-hydrogen) atoms. The van der Waals surface area contributed by atoms with E-state index in [0.717, 1.165) is 10.2 Å². The molecule has 2 aromatic rings. The van der Waals surface area contributed by atoms with E-state index in [4.69, 9.17) is 0 Å². The molecule has 0 spiro atoms. The standard InChI is InChI=1S/C18H17BrN4O3/c1-2-23-14-7-6-11(19)9-13(14)15(18(23)26)22-17(25)16(24)21-10-12-5-3-4-8-20-12/h3-9,15H,2,10H2,1H3,(H,21,24)(H,22,25)/t15-/m1/s1. The summed E-state index contributed by atoms with van der Waals surface area (Å²) in [6.07, 6.45) is 1.60. The van der Waals surface area contributed by atoms with Crippen LogP contribution in [0.5, 0.6) is 0 Å². The number of carbonyl (C=O) groups excluding carboxylic acids is 3. The molecule has 0 saturated heterocycles. The van der Waals surface area contributed by atoms with Gasteiger partial charge in [0.05, 0.1) is 12.2 Å². The van der Waals surface area contributed by atoms with Crippen molar-refractivity contribution in [3.63, 3.8) is 0 Å². The van der Waals surface area contributed by atoms with Crippen molar-refractivity contribution in [3.05, 3.63) is 58.3 Å². The van der Waals surface area contributed by atoms with Crippen LogP contribution in [0.2, 0.25) is 0 Å². The van der Waals surface area contributed by atoms with Gasteiger partial charge in [-0.05, 0) is 37.3 Å². The van der Waals surface area contributed by atoms with Crippen molar-refractivity contribution in [1.29, 1.82) is 0 Å². The van der Waals surface area contributed by atoms with Crippen molar-refractivity contribution >= 4 is 39.3 Å². The van der Waals surface area contributed by atoms with Crippen LogP contribution < -0.4 is 15.5 Å². The maximum Gasteiger partial charge on any atom is 0.310 e. The van der Waals surface area contributed by atoms with E-state index in [0.29, 0.717) is 17.8 Å². The molecule has 2 N–H and O–H groups in total. The molecular formula is C18H17BrN4O3. The molecule has 1 aliphatic rings. The first kappa shape index (κ1) is 18.1. The van der Waals surface area contributed by atoms with Gasteiger partial charge in [0.25, 0.3) is 5.91 Å². The van der Waals surface area contributed by atoms with Gasteiger partial charge in [0, 0.05) is 28.5 Å². The number of nitrogens with zero attached hydrogens (tertiary/aromatic N) is 2. The summed E-state index contributed by atoms with van der Waals surface area (Å²) in [6, 6.07) is 9.84. The first-order valence-corrected chi connectivity index (χ1v) is 8.90. The van der Waals surface area contributed by atoms with Crippen molar-refractivity contribution < 1.29 is 14.4 Å². The number of halogens is 1. The van der Waals surface area contributed by atoms with Crippen LogP contribution >= 0.6 is 15.9 Å². The molecule has 7 nitrogen and oxygen atoms in total. The highest BCUT2D eigenvalue weighted by Gasteiger charge is 2.38. The van der Waals surface area contributed by atoms with Gasteiger partial charge in [-0.15, -0.1) is 0 Å². The third kappa shape index (κ3) is 3.60. The Morgan fingerprint density at radius 3 is 2.73 bits per heavy atom. The summed E-state index contributed by atoms with van der Waals surface area (Å²) in [6.45, 7) is 2.47. The van der Waals surface area contributed by atoms with Crippen LogP contribution in [0.15, 0.2) is 47.1 Å². The Morgan fingerprint density at radius 1 is 1.23 bits per heavy atom. The van der Waals surface area contributed by atoms with Gasteiger partial charge in [0.2, 0.25) is 0 Å². The van der Waals surface area contributed by atoms with Gasteiger partial charge in [-0.2, -0.15) is 0 Å². The summed E-state index contributed by atoms with van der Waals surface area (Å²) in [4.78, 5) is 42.5. The highest BCUT2D eigenvalue weighted by Crippen LogP contribution is 2.37. The molecule has 1 aliphatic heterocycles. The molecule has 3 amide bonds. The van der Waals surface area contributed by atoms with Gasteiger partial charge in [-0.3, -0.25) is 19.4 Å². The Kier molecular flexibility index (Phi) is 5.32. The van der Waals surface area contributed by atoms with Gasteiger partial charge < -0.3 is 15.5 Å². The van der Waals surface area contributed by atoms with Crippen molar-refractivity contribution in [2.75, 3.05) is 11.4 Å². The number of aromatic nitrogens is 1. The third-order valence-electron chi connectivity index (χ3n) is 4.06. The summed E-state index contributed by atoms with van der Waals surface area (Å²) >= 11 is 3.37. The molecule has 134 valence electrons. The second kappa shape index (κ2) is 7.65. The zero-order valence-electron chi connectivity index (χ0n) is 14.0. The fraction of sp³-hybridized carbons (Fsp3) is 0.222. The van der Waals surface area contributed by atoms with Crippen LogP contribution in [0.25, 0.3) is 0 Å². The van der Waals surface area contributed by atoms with E-state index in [1.54, 1.807) is 35.4 Å². The SMILES string of the molecule is CCN1C(=O)[C@H](NC(=O)C(=O)NCc2ccccn2)c2cc(Br)ccc21. The number of hydrogen-bond acceptors (Lipinski definition) is 4. The highest BCUT2D eigenvalue weighted by atomic mass is 79.9. The molecular weight excluding hydrogens is 400 g/mol. The van der Waals surface area contributed by atoms with Gasteiger partial charge in [-0.25, -0.2) is 0 Å². The number of rotatable bonds is 4. The second-order valence-corrected chi connectivity index (χ2v) is 6.61. The van der Waals surface area contributed by atoms with Crippen molar-refractivity contribution in [2.24, 2.45) is 0 Å². The predicted molar refractivity (Wildman–Crippen MR) is 99.1 cm³/mol. The molecule has 0 fully saturated rings. The minimum atomic E-state index is -0.879. The maximum atomic E-state index is 12.6. The summed E-state index contributed by atoms with van der Waals surface area (Å²) in [5.74, 6) is -1.93. The summed E-state index contributed by atoms with van der Waals surface area (Å²) in [5.41, 5.74) is 2.04. The van der Waals surface area contributed by atoms with Crippen molar-refractivity contribution in [2.45, 2.75) is 19.5 Å². The Balaban J connectivity index is 1.70. The topological polar surface area (TPSA) is 91.4 Å². The van der Waals surface area contributed by atoms with Crippen LogP contribution in [-0.2, 0) is 20.9 Å². The normalized spacial score (nSPS) is 15.5. The predicted octanol–water partition coefficient (Wildman–Crippen LogP) is 1.68. The van der Waals surface area contributed by atoms with Crippen molar-refractivity contribution in [3.8, 4) is 0 Å². The number of likely N-dealkylation sites (N-methyl/N-ethyl adjacent to an activating group) is 1. The Bertz CT molecular complexity index is 857. The first-order valence-electron chi connectivity index (χ1n) is 8.10. The molecule has 0 unspecified atom stereocenters. The lowest BCUT2D eigenvalue weighted by Gasteiger charge is -2.15. The Labute approximate surface area is 158 Å². The minimum Gasteiger partial charge on any atom is -0.342 e. The average molecular weight is 417 g/mol. The van der Waals surface area contributed by atoms with Crippen molar-refractivity contribution in [1.82, 2.24) is 15.6 Å². The number of anilines is 1. The van der Waals surface area contributed by atoms with Gasteiger partial charge in [0.15, 0.2) is 0 Å². The molecule has 2 heterocycles. The number of benzene rings is 1. The molecule has 1 atom stereocenters. The van der Waals surface area contributed by atoms with E-state index in [1.165, 1.54) is 0 Å². The van der Waals surface area contributed by atoms with E-state index in [9.17, 15) is 14.4 Å².